The van der Waals surface area contributed by atoms with Crippen molar-refractivity contribution >= 4 is 5.91 Å². The highest BCUT2D eigenvalue weighted by Gasteiger charge is 2.58. The molecule has 26 heavy (non-hydrogen) atoms. The summed E-state index contributed by atoms with van der Waals surface area (Å²) in [6.07, 6.45) is 9.78. The number of carbonyl (C=O) groups excluding carboxylic acids is 1. The fourth-order valence-electron chi connectivity index (χ4n) is 7.46. The van der Waals surface area contributed by atoms with Gasteiger partial charge in [-0.1, -0.05) is 30.3 Å². The van der Waals surface area contributed by atoms with Gasteiger partial charge in [-0.05, 0) is 86.8 Å². The van der Waals surface area contributed by atoms with Crippen LogP contribution in [0.15, 0.2) is 30.3 Å². The van der Waals surface area contributed by atoms with Crippen LogP contribution in [0.1, 0.15) is 56.9 Å². The highest BCUT2D eigenvalue weighted by molar-refractivity contribution is 5.77. The third-order valence-electron chi connectivity index (χ3n) is 7.86. The van der Waals surface area contributed by atoms with Crippen LogP contribution in [-0.4, -0.2) is 37.0 Å². The largest absolute Gasteiger partial charge is 0.352 e. The van der Waals surface area contributed by atoms with Crippen molar-refractivity contribution < 1.29 is 4.79 Å². The Morgan fingerprint density at radius 2 is 1.88 bits per heavy atom. The zero-order chi connectivity index (χ0) is 17.8. The van der Waals surface area contributed by atoms with Gasteiger partial charge in [0.1, 0.15) is 0 Å². The monoisotopic (exact) mass is 352 g/mol. The topological polar surface area (TPSA) is 32.3 Å². The average molecular weight is 353 g/mol. The van der Waals surface area contributed by atoms with Gasteiger partial charge in [-0.2, -0.15) is 0 Å². The van der Waals surface area contributed by atoms with Gasteiger partial charge in [0.05, 0.1) is 0 Å². The summed E-state index contributed by atoms with van der Waals surface area (Å²) in [4.78, 5) is 15.2. The lowest BCUT2D eigenvalue weighted by atomic mass is 9.42. The Bertz CT molecular complexity index is 671. The minimum atomic E-state index is 0.258. The second kappa shape index (κ2) is 6.09. The molecular formula is C23H32N2O. The molecule has 1 aliphatic heterocycles. The summed E-state index contributed by atoms with van der Waals surface area (Å²) in [6, 6.07) is 11.6. The molecule has 0 aromatic heterocycles. The van der Waals surface area contributed by atoms with E-state index in [0.717, 1.165) is 37.8 Å². The van der Waals surface area contributed by atoms with E-state index in [9.17, 15) is 4.79 Å². The first-order valence-corrected chi connectivity index (χ1v) is 10.6. The molecule has 4 saturated carbocycles. The van der Waals surface area contributed by atoms with Crippen LogP contribution in [-0.2, 0) is 10.2 Å². The lowest BCUT2D eigenvalue weighted by molar-refractivity contribution is -0.131. The van der Waals surface area contributed by atoms with E-state index in [4.69, 9.17) is 0 Å². The summed E-state index contributed by atoms with van der Waals surface area (Å²) in [5.74, 6) is 1.99. The molecule has 0 radical (unpaired) electrons. The highest BCUT2D eigenvalue weighted by Crippen LogP contribution is 2.66. The Labute approximate surface area is 157 Å². The molecule has 1 N–H and O–H groups in total. The lowest BCUT2D eigenvalue weighted by Crippen LogP contribution is -2.55. The summed E-state index contributed by atoms with van der Waals surface area (Å²) in [5.41, 5.74) is 2.14. The SMILES string of the molecule is CN1CC[C@@H](NC(=O)CC23CC4CC(C2)CC(c2ccccc2)(C4)C3)C1. The molecule has 1 amide bonds. The molecule has 5 fully saturated rings. The Morgan fingerprint density at radius 1 is 1.15 bits per heavy atom. The minimum Gasteiger partial charge on any atom is -0.352 e. The van der Waals surface area contributed by atoms with E-state index < -0.39 is 0 Å². The molecule has 0 spiro atoms. The molecule has 1 aromatic rings. The van der Waals surface area contributed by atoms with Gasteiger partial charge in [0.25, 0.3) is 0 Å². The Morgan fingerprint density at radius 3 is 2.54 bits per heavy atom. The highest BCUT2D eigenvalue weighted by atomic mass is 16.1. The number of nitrogens with one attached hydrogen (secondary N) is 1. The first kappa shape index (κ1) is 16.8. The molecule has 1 saturated heterocycles. The smallest absolute Gasteiger partial charge is 0.220 e. The third kappa shape index (κ3) is 2.89. The van der Waals surface area contributed by atoms with Crippen LogP contribution in [0, 0.1) is 17.3 Å². The van der Waals surface area contributed by atoms with Crippen LogP contribution in [0.4, 0.5) is 0 Å². The molecule has 1 heterocycles. The molecule has 5 aliphatic rings. The van der Waals surface area contributed by atoms with Crippen molar-refractivity contribution in [2.45, 2.75) is 62.8 Å². The Hall–Kier alpha value is -1.35. The second-order valence-corrected chi connectivity index (χ2v) is 10.1. The fourth-order valence-corrected chi connectivity index (χ4v) is 7.46. The van der Waals surface area contributed by atoms with Crippen molar-refractivity contribution in [2.75, 3.05) is 20.1 Å². The Kier molecular flexibility index (Phi) is 3.93. The summed E-state index contributed by atoms with van der Waals surface area (Å²) in [5, 5.41) is 3.36. The number of amides is 1. The van der Waals surface area contributed by atoms with E-state index >= 15 is 0 Å². The summed E-state index contributed by atoms with van der Waals surface area (Å²) in [7, 11) is 2.15. The van der Waals surface area contributed by atoms with Gasteiger partial charge in [-0.15, -0.1) is 0 Å². The van der Waals surface area contributed by atoms with Gasteiger partial charge in [-0.3, -0.25) is 4.79 Å². The number of likely N-dealkylation sites (tertiary alicyclic amines) is 1. The molecule has 6 rings (SSSR count). The number of nitrogens with zero attached hydrogens (tertiary/aromatic N) is 1. The second-order valence-electron chi connectivity index (χ2n) is 10.1. The van der Waals surface area contributed by atoms with Crippen molar-refractivity contribution in [1.82, 2.24) is 10.2 Å². The standard InChI is InChI=1S/C23H32N2O/c1-25-8-7-20(15-25)24-21(26)14-22-10-17-9-18(11-22)13-23(12-17,16-22)19-5-3-2-4-6-19/h2-6,17-18,20H,7-16H2,1H3,(H,24,26)/t17?,18?,20-,22?,23?/m1/s1. The van der Waals surface area contributed by atoms with Crippen molar-refractivity contribution in [2.24, 2.45) is 17.3 Å². The fraction of sp³-hybridized carbons (Fsp3) is 0.696. The molecule has 4 aliphatic carbocycles. The molecule has 4 bridgehead atoms. The van der Waals surface area contributed by atoms with E-state index in [-0.39, 0.29) is 5.41 Å². The predicted molar refractivity (Wildman–Crippen MR) is 104 cm³/mol. The van der Waals surface area contributed by atoms with E-state index in [2.05, 4.69) is 47.6 Å². The van der Waals surface area contributed by atoms with Crippen LogP contribution < -0.4 is 5.32 Å². The quantitative estimate of drug-likeness (QED) is 0.895. The molecule has 3 heteroatoms. The van der Waals surface area contributed by atoms with Gasteiger partial charge in [0.15, 0.2) is 0 Å². The van der Waals surface area contributed by atoms with Crippen molar-refractivity contribution in [3.05, 3.63) is 35.9 Å². The minimum absolute atomic E-state index is 0.258. The van der Waals surface area contributed by atoms with Gasteiger partial charge in [0.2, 0.25) is 5.91 Å². The van der Waals surface area contributed by atoms with Crippen molar-refractivity contribution in [3.8, 4) is 0 Å². The molecular weight excluding hydrogens is 320 g/mol. The molecule has 2 unspecified atom stereocenters. The normalized spacial score (nSPS) is 41.5. The van der Waals surface area contributed by atoms with E-state index in [1.54, 1.807) is 0 Å². The van der Waals surface area contributed by atoms with E-state index in [0.29, 0.717) is 17.4 Å². The lowest BCUT2D eigenvalue weighted by Gasteiger charge is -2.62. The maximum atomic E-state index is 12.9. The van der Waals surface area contributed by atoms with Crippen molar-refractivity contribution in [1.29, 1.82) is 0 Å². The van der Waals surface area contributed by atoms with Gasteiger partial charge >= 0.3 is 0 Å². The van der Waals surface area contributed by atoms with Crippen LogP contribution in [0.3, 0.4) is 0 Å². The maximum Gasteiger partial charge on any atom is 0.220 e. The zero-order valence-electron chi connectivity index (χ0n) is 16.0. The van der Waals surface area contributed by atoms with E-state index in [1.165, 1.54) is 44.1 Å². The van der Waals surface area contributed by atoms with Crippen LogP contribution >= 0.6 is 0 Å². The molecule has 140 valence electrons. The Balaban J connectivity index is 1.35. The number of rotatable bonds is 4. The van der Waals surface area contributed by atoms with Crippen molar-refractivity contribution in [3.63, 3.8) is 0 Å². The molecule has 3 nitrogen and oxygen atoms in total. The van der Waals surface area contributed by atoms with Crippen LogP contribution in [0.2, 0.25) is 0 Å². The molecule has 1 aromatic carbocycles. The van der Waals surface area contributed by atoms with E-state index in [1.807, 2.05) is 0 Å². The number of hydrogen-bond acceptors (Lipinski definition) is 2. The predicted octanol–water partition coefficient (Wildman–Crippen LogP) is 3.74. The third-order valence-corrected chi connectivity index (χ3v) is 7.86. The first-order valence-electron chi connectivity index (χ1n) is 10.6. The summed E-state index contributed by atoms with van der Waals surface area (Å²) >= 11 is 0. The summed E-state index contributed by atoms with van der Waals surface area (Å²) < 4.78 is 0. The zero-order valence-corrected chi connectivity index (χ0v) is 16.0. The number of likely N-dealkylation sites (N-methyl/N-ethyl adjacent to an activating group) is 1. The number of hydrogen-bond donors (Lipinski definition) is 1. The number of benzene rings is 1. The van der Waals surface area contributed by atoms with Gasteiger partial charge in [0, 0.05) is 19.0 Å². The summed E-state index contributed by atoms with van der Waals surface area (Å²) in [6.45, 7) is 2.12. The first-order chi connectivity index (χ1) is 12.5. The molecule has 3 atom stereocenters. The maximum absolute atomic E-state index is 12.9. The average Bonchev–Trinajstić information content (AvgIpc) is 2.98. The van der Waals surface area contributed by atoms with Crippen LogP contribution in [0.5, 0.6) is 0 Å². The van der Waals surface area contributed by atoms with Gasteiger partial charge in [-0.25, -0.2) is 0 Å². The number of carbonyl (C=O) groups is 1. The van der Waals surface area contributed by atoms with Gasteiger partial charge < -0.3 is 10.2 Å². The van der Waals surface area contributed by atoms with Crippen LogP contribution in [0.25, 0.3) is 0 Å².